The molecule has 0 saturated carbocycles. The number of aryl methyl sites for hydroxylation is 2. The zero-order chi connectivity index (χ0) is 13.1. The van der Waals surface area contributed by atoms with E-state index in [1.165, 1.54) is 5.69 Å². The van der Waals surface area contributed by atoms with Gasteiger partial charge in [-0.15, -0.1) is 0 Å². The Morgan fingerprint density at radius 2 is 2.17 bits per heavy atom. The van der Waals surface area contributed by atoms with E-state index < -0.39 is 0 Å². The Labute approximate surface area is 117 Å². The third-order valence-electron chi connectivity index (χ3n) is 3.88. The first kappa shape index (κ1) is 14.0. The minimum Gasteiger partial charge on any atom is -0.381 e. The molecule has 0 radical (unpaired) electrons. The summed E-state index contributed by atoms with van der Waals surface area (Å²) in [5.74, 6) is 0.700. The van der Waals surface area contributed by atoms with Crippen molar-refractivity contribution in [2.45, 2.75) is 32.2 Å². The molecule has 102 valence electrons. The molecule has 1 aliphatic rings. The molecule has 1 saturated heterocycles. The predicted octanol–water partition coefficient (Wildman–Crippen LogP) is 2.05. The lowest BCUT2D eigenvalue weighted by atomic mass is 9.89. The van der Waals surface area contributed by atoms with Crippen LogP contribution in [0.5, 0.6) is 0 Å². The van der Waals surface area contributed by atoms with Crippen molar-refractivity contribution in [2.24, 2.45) is 13.0 Å². The number of hydrogen-bond donors (Lipinski definition) is 1. The zero-order valence-corrected chi connectivity index (χ0v) is 13.0. The third-order valence-corrected chi connectivity index (χ3v) is 4.91. The molecule has 1 fully saturated rings. The fraction of sp³-hybridized carbons (Fsp3) is 0.769. The summed E-state index contributed by atoms with van der Waals surface area (Å²) < 4.78 is 8.58. The number of hydrogen-bond acceptors (Lipinski definition) is 3. The molecule has 1 aromatic heterocycles. The Hall–Kier alpha value is -0.390. The summed E-state index contributed by atoms with van der Waals surface area (Å²) in [6, 6.07) is 0.500. The first-order valence-corrected chi connectivity index (χ1v) is 7.35. The van der Waals surface area contributed by atoms with E-state index in [2.05, 4.69) is 33.4 Å². The van der Waals surface area contributed by atoms with E-state index in [1.807, 2.05) is 18.7 Å². The van der Waals surface area contributed by atoms with Gasteiger partial charge in [0.25, 0.3) is 0 Å². The average molecular weight is 316 g/mol. The Morgan fingerprint density at radius 1 is 1.50 bits per heavy atom. The van der Waals surface area contributed by atoms with E-state index in [-0.39, 0.29) is 0 Å². The van der Waals surface area contributed by atoms with Crippen molar-refractivity contribution >= 4 is 15.9 Å². The molecule has 2 rings (SSSR count). The molecule has 2 heterocycles. The van der Waals surface area contributed by atoms with Gasteiger partial charge in [-0.2, -0.15) is 5.10 Å². The van der Waals surface area contributed by atoms with Crippen LogP contribution in [0.2, 0.25) is 0 Å². The molecule has 1 aromatic rings. The largest absolute Gasteiger partial charge is 0.381 e. The van der Waals surface area contributed by atoms with Gasteiger partial charge in [0.1, 0.15) is 0 Å². The van der Waals surface area contributed by atoms with Gasteiger partial charge < -0.3 is 10.1 Å². The highest BCUT2D eigenvalue weighted by Gasteiger charge is 2.25. The van der Waals surface area contributed by atoms with Gasteiger partial charge in [-0.25, -0.2) is 0 Å². The molecule has 18 heavy (non-hydrogen) atoms. The van der Waals surface area contributed by atoms with Crippen molar-refractivity contribution in [1.29, 1.82) is 0 Å². The first-order chi connectivity index (χ1) is 8.63. The molecule has 1 unspecified atom stereocenters. The Kier molecular flexibility index (Phi) is 4.81. The minimum atomic E-state index is 0.500. The van der Waals surface area contributed by atoms with E-state index in [4.69, 9.17) is 4.74 Å². The highest BCUT2D eigenvalue weighted by atomic mass is 79.9. The van der Waals surface area contributed by atoms with E-state index in [1.54, 1.807) is 0 Å². The van der Waals surface area contributed by atoms with Crippen LogP contribution in [-0.4, -0.2) is 36.1 Å². The van der Waals surface area contributed by atoms with Gasteiger partial charge in [-0.3, -0.25) is 4.68 Å². The highest BCUT2D eigenvalue weighted by Crippen LogP contribution is 2.26. The van der Waals surface area contributed by atoms with Crippen molar-refractivity contribution in [3.8, 4) is 0 Å². The van der Waals surface area contributed by atoms with Gasteiger partial charge in [-0.1, -0.05) is 0 Å². The number of ether oxygens (including phenoxy) is 1. The fourth-order valence-electron chi connectivity index (χ4n) is 2.73. The number of rotatable bonds is 4. The first-order valence-electron chi connectivity index (χ1n) is 6.56. The lowest BCUT2D eigenvalue weighted by molar-refractivity contribution is 0.0545. The van der Waals surface area contributed by atoms with E-state index in [0.29, 0.717) is 12.0 Å². The van der Waals surface area contributed by atoms with Crippen LogP contribution in [0.3, 0.4) is 0 Å². The molecule has 0 bridgehead atoms. The topological polar surface area (TPSA) is 39.1 Å². The molecule has 0 aromatic carbocycles. The molecule has 1 N–H and O–H groups in total. The summed E-state index contributed by atoms with van der Waals surface area (Å²) in [4.78, 5) is 0. The normalized spacial score (nSPS) is 19.1. The third kappa shape index (κ3) is 2.95. The van der Waals surface area contributed by atoms with Crippen molar-refractivity contribution in [3.05, 3.63) is 15.9 Å². The van der Waals surface area contributed by atoms with Crippen LogP contribution >= 0.6 is 15.9 Å². The van der Waals surface area contributed by atoms with Crippen molar-refractivity contribution in [1.82, 2.24) is 15.1 Å². The molecular formula is C13H22BrN3O. The number of halogens is 1. The van der Waals surface area contributed by atoms with Gasteiger partial charge in [0.05, 0.1) is 15.9 Å². The minimum absolute atomic E-state index is 0.500. The maximum Gasteiger partial charge on any atom is 0.0738 e. The van der Waals surface area contributed by atoms with Gasteiger partial charge in [0.2, 0.25) is 0 Å². The predicted molar refractivity (Wildman–Crippen MR) is 75.7 cm³/mol. The number of nitrogens with zero attached hydrogens (tertiary/aromatic N) is 2. The summed E-state index contributed by atoms with van der Waals surface area (Å²) in [6.45, 7) is 3.83. The van der Waals surface area contributed by atoms with Crippen LogP contribution < -0.4 is 5.32 Å². The summed E-state index contributed by atoms with van der Waals surface area (Å²) in [7, 11) is 4.07. The van der Waals surface area contributed by atoms with E-state index in [0.717, 1.165) is 42.6 Å². The molecule has 0 amide bonds. The zero-order valence-electron chi connectivity index (χ0n) is 11.4. The van der Waals surface area contributed by atoms with Gasteiger partial charge in [0.15, 0.2) is 0 Å². The number of nitrogens with one attached hydrogen (secondary N) is 1. The van der Waals surface area contributed by atoms with Crippen LogP contribution in [0.15, 0.2) is 4.47 Å². The summed E-state index contributed by atoms with van der Waals surface area (Å²) in [5, 5.41) is 7.93. The molecule has 4 nitrogen and oxygen atoms in total. The second-order valence-electron chi connectivity index (χ2n) is 5.02. The Balaban J connectivity index is 2.09. The van der Waals surface area contributed by atoms with E-state index in [9.17, 15) is 0 Å². The van der Waals surface area contributed by atoms with Crippen molar-refractivity contribution in [2.75, 3.05) is 20.3 Å². The van der Waals surface area contributed by atoms with Crippen molar-refractivity contribution < 1.29 is 4.74 Å². The van der Waals surface area contributed by atoms with Crippen LogP contribution in [0.4, 0.5) is 0 Å². The summed E-state index contributed by atoms with van der Waals surface area (Å²) in [5.41, 5.74) is 2.34. The smallest absolute Gasteiger partial charge is 0.0738 e. The average Bonchev–Trinajstić information content (AvgIpc) is 2.62. The number of aromatic nitrogens is 2. The molecule has 1 atom stereocenters. The van der Waals surface area contributed by atoms with Gasteiger partial charge in [-0.05, 0) is 48.7 Å². The Bertz CT molecular complexity index is 399. The van der Waals surface area contributed by atoms with Gasteiger partial charge >= 0.3 is 0 Å². The molecule has 5 heteroatoms. The monoisotopic (exact) mass is 315 g/mol. The van der Waals surface area contributed by atoms with Crippen LogP contribution in [0.1, 0.15) is 24.2 Å². The molecule has 1 aliphatic heterocycles. The fourth-order valence-corrected chi connectivity index (χ4v) is 3.23. The van der Waals surface area contributed by atoms with E-state index >= 15 is 0 Å². The van der Waals surface area contributed by atoms with Gasteiger partial charge in [0, 0.05) is 32.7 Å². The quantitative estimate of drug-likeness (QED) is 0.924. The molecular weight excluding hydrogens is 294 g/mol. The van der Waals surface area contributed by atoms with Crippen molar-refractivity contribution in [3.63, 3.8) is 0 Å². The van der Waals surface area contributed by atoms with Crippen LogP contribution in [0, 0.1) is 12.8 Å². The summed E-state index contributed by atoms with van der Waals surface area (Å²) >= 11 is 3.65. The standard InChI is InChI=1S/C13H22BrN3O/c1-9-13(14)12(17(3)16-9)8-11(15-2)10-4-6-18-7-5-10/h10-11,15H,4-8H2,1-3H3. The highest BCUT2D eigenvalue weighted by molar-refractivity contribution is 9.10. The number of likely N-dealkylation sites (N-methyl/N-ethyl adjacent to an activating group) is 1. The Morgan fingerprint density at radius 3 is 2.67 bits per heavy atom. The molecule has 0 spiro atoms. The second-order valence-corrected chi connectivity index (χ2v) is 5.81. The SMILES string of the molecule is CNC(Cc1c(Br)c(C)nn1C)C1CCOCC1. The maximum atomic E-state index is 5.44. The van der Waals surface area contributed by atoms with Crippen LogP contribution in [-0.2, 0) is 18.2 Å². The molecule has 0 aliphatic carbocycles. The lowest BCUT2D eigenvalue weighted by Crippen LogP contribution is -2.39. The second kappa shape index (κ2) is 6.17. The lowest BCUT2D eigenvalue weighted by Gasteiger charge is -2.30. The van der Waals surface area contributed by atoms with Crippen LogP contribution in [0.25, 0.3) is 0 Å². The maximum absolute atomic E-state index is 5.44. The summed E-state index contributed by atoms with van der Waals surface area (Å²) in [6.07, 6.45) is 3.32.